The zero-order chi connectivity index (χ0) is 20.1. The Morgan fingerprint density at radius 1 is 1.11 bits per heavy atom. The van der Waals surface area contributed by atoms with E-state index in [-0.39, 0.29) is 16.7 Å². The lowest BCUT2D eigenvalue weighted by Gasteiger charge is -2.13. The molecule has 2 N–H and O–H groups in total. The Morgan fingerprint density at radius 2 is 1.86 bits per heavy atom. The van der Waals surface area contributed by atoms with Crippen molar-refractivity contribution in [2.75, 3.05) is 16.4 Å². The summed E-state index contributed by atoms with van der Waals surface area (Å²) in [6.45, 7) is 3.54. The standard InChI is InChI=1S/C20H21N3O4S/c1-3-11-28(25,26)16-9-10-17(15-7-5-4-6-8-15)18(12-16)22-19(24)23-20-21-14(2)13-27-20/h4-10,12-13H,3,11H2,1-2H3,(H2,21,22,23,24). The SMILES string of the molecule is CCCS(=O)(=O)c1ccc(-c2ccccc2)c(NC(=O)Nc2nc(C)co2)c1. The Morgan fingerprint density at radius 3 is 2.50 bits per heavy atom. The second-order valence-corrected chi connectivity index (χ2v) is 8.37. The maximum atomic E-state index is 12.5. The average Bonchev–Trinajstić information content (AvgIpc) is 3.07. The molecule has 0 saturated carbocycles. The number of aryl methyl sites for hydroxylation is 1. The van der Waals surface area contributed by atoms with Gasteiger partial charge in [0.2, 0.25) is 0 Å². The van der Waals surface area contributed by atoms with Crippen LogP contribution in [0, 0.1) is 6.92 Å². The lowest BCUT2D eigenvalue weighted by Crippen LogP contribution is -2.20. The van der Waals surface area contributed by atoms with Crippen molar-refractivity contribution in [3.63, 3.8) is 0 Å². The first-order valence-corrected chi connectivity index (χ1v) is 10.5. The minimum atomic E-state index is -3.43. The van der Waals surface area contributed by atoms with E-state index in [1.54, 1.807) is 26.0 Å². The Labute approximate surface area is 163 Å². The fourth-order valence-corrected chi connectivity index (χ4v) is 4.08. The van der Waals surface area contributed by atoms with Gasteiger partial charge in [0.1, 0.15) is 6.26 Å². The number of rotatable bonds is 6. The number of oxazole rings is 1. The van der Waals surface area contributed by atoms with Crippen molar-refractivity contribution in [1.29, 1.82) is 0 Å². The van der Waals surface area contributed by atoms with Gasteiger partial charge in [0.15, 0.2) is 9.84 Å². The van der Waals surface area contributed by atoms with E-state index in [2.05, 4.69) is 15.6 Å². The highest BCUT2D eigenvalue weighted by Gasteiger charge is 2.18. The third-order valence-electron chi connectivity index (χ3n) is 4.00. The van der Waals surface area contributed by atoms with Crippen LogP contribution in [0.4, 0.5) is 16.5 Å². The van der Waals surface area contributed by atoms with Crippen LogP contribution < -0.4 is 10.6 Å². The van der Waals surface area contributed by atoms with Crippen molar-refractivity contribution in [2.45, 2.75) is 25.2 Å². The normalized spacial score (nSPS) is 11.2. The molecule has 0 aliphatic rings. The van der Waals surface area contributed by atoms with Gasteiger partial charge in [0.05, 0.1) is 22.0 Å². The molecule has 0 aliphatic heterocycles. The van der Waals surface area contributed by atoms with Crippen LogP contribution in [0.15, 0.2) is 64.1 Å². The molecule has 28 heavy (non-hydrogen) atoms. The number of amides is 2. The molecule has 2 amide bonds. The number of nitrogens with zero attached hydrogens (tertiary/aromatic N) is 1. The molecule has 3 aromatic rings. The van der Waals surface area contributed by atoms with E-state index in [1.807, 2.05) is 30.3 Å². The summed E-state index contributed by atoms with van der Waals surface area (Å²) in [5.41, 5.74) is 2.57. The van der Waals surface area contributed by atoms with E-state index >= 15 is 0 Å². The van der Waals surface area contributed by atoms with Gasteiger partial charge in [-0.05, 0) is 31.0 Å². The van der Waals surface area contributed by atoms with Crippen molar-refractivity contribution < 1.29 is 17.6 Å². The molecule has 0 saturated heterocycles. The number of benzene rings is 2. The molecule has 8 heteroatoms. The number of hydrogen-bond acceptors (Lipinski definition) is 5. The summed E-state index contributed by atoms with van der Waals surface area (Å²) in [6, 6.07) is 13.6. The summed E-state index contributed by atoms with van der Waals surface area (Å²) in [7, 11) is -3.43. The molecule has 0 aliphatic carbocycles. The van der Waals surface area contributed by atoms with Crippen LogP contribution >= 0.6 is 0 Å². The van der Waals surface area contributed by atoms with Crippen LogP contribution in [0.2, 0.25) is 0 Å². The Bertz CT molecular complexity index is 1080. The molecule has 1 heterocycles. The van der Waals surface area contributed by atoms with Crippen molar-refractivity contribution in [2.24, 2.45) is 0 Å². The first-order valence-electron chi connectivity index (χ1n) is 8.81. The molecule has 0 radical (unpaired) electrons. The Balaban J connectivity index is 1.96. The second-order valence-electron chi connectivity index (χ2n) is 6.27. The van der Waals surface area contributed by atoms with E-state index in [1.165, 1.54) is 12.3 Å². The highest BCUT2D eigenvalue weighted by Crippen LogP contribution is 2.31. The lowest BCUT2D eigenvalue weighted by atomic mass is 10.0. The molecule has 0 spiro atoms. The molecular weight excluding hydrogens is 378 g/mol. The van der Waals surface area contributed by atoms with Crippen LogP contribution in [0.1, 0.15) is 19.0 Å². The summed E-state index contributed by atoms with van der Waals surface area (Å²) in [5.74, 6) is 0.0406. The first-order chi connectivity index (χ1) is 13.4. The van der Waals surface area contributed by atoms with E-state index in [0.717, 1.165) is 5.56 Å². The van der Waals surface area contributed by atoms with Gasteiger partial charge in [-0.2, -0.15) is 4.98 Å². The van der Waals surface area contributed by atoms with Crippen LogP contribution in [0.5, 0.6) is 0 Å². The largest absolute Gasteiger partial charge is 0.432 e. The smallest absolute Gasteiger partial charge is 0.327 e. The molecule has 0 atom stereocenters. The van der Waals surface area contributed by atoms with Gasteiger partial charge in [0, 0.05) is 5.56 Å². The van der Waals surface area contributed by atoms with Crippen LogP contribution in [-0.4, -0.2) is 25.2 Å². The monoisotopic (exact) mass is 399 g/mol. The van der Waals surface area contributed by atoms with Crippen LogP contribution in [0.3, 0.4) is 0 Å². The van der Waals surface area contributed by atoms with Crippen LogP contribution in [0.25, 0.3) is 11.1 Å². The lowest BCUT2D eigenvalue weighted by molar-refractivity contribution is 0.261. The molecule has 0 bridgehead atoms. The summed E-state index contributed by atoms with van der Waals surface area (Å²) in [6.07, 6.45) is 1.93. The number of sulfone groups is 1. The van der Waals surface area contributed by atoms with Gasteiger partial charge in [-0.3, -0.25) is 5.32 Å². The maximum absolute atomic E-state index is 12.5. The van der Waals surface area contributed by atoms with Gasteiger partial charge < -0.3 is 9.73 Å². The van der Waals surface area contributed by atoms with E-state index in [4.69, 9.17) is 4.42 Å². The van der Waals surface area contributed by atoms with Crippen LogP contribution in [-0.2, 0) is 9.84 Å². The number of carbonyl (C=O) groups is 1. The maximum Gasteiger partial charge on any atom is 0.327 e. The number of anilines is 2. The molecule has 1 aromatic heterocycles. The number of aromatic nitrogens is 1. The number of hydrogen-bond donors (Lipinski definition) is 2. The fraction of sp³-hybridized carbons (Fsp3) is 0.200. The minimum Gasteiger partial charge on any atom is -0.432 e. The predicted molar refractivity (Wildman–Crippen MR) is 108 cm³/mol. The molecular formula is C20H21N3O4S. The van der Waals surface area contributed by atoms with Gasteiger partial charge in [0.25, 0.3) is 0 Å². The van der Waals surface area contributed by atoms with Crippen molar-refractivity contribution >= 4 is 27.6 Å². The van der Waals surface area contributed by atoms with E-state index in [9.17, 15) is 13.2 Å². The van der Waals surface area contributed by atoms with E-state index < -0.39 is 15.9 Å². The van der Waals surface area contributed by atoms with Gasteiger partial charge in [-0.25, -0.2) is 13.2 Å². The Hall–Kier alpha value is -3.13. The molecule has 146 valence electrons. The van der Waals surface area contributed by atoms with Crippen molar-refractivity contribution in [3.05, 3.63) is 60.5 Å². The fourth-order valence-electron chi connectivity index (χ4n) is 2.74. The molecule has 7 nitrogen and oxygen atoms in total. The summed E-state index contributed by atoms with van der Waals surface area (Å²) in [4.78, 5) is 16.6. The number of nitrogens with one attached hydrogen (secondary N) is 2. The Kier molecular flexibility index (Phi) is 5.79. The molecule has 3 rings (SSSR count). The topological polar surface area (TPSA) is 101 Å². The predicted octanol–water partition coefficient (Wildman–Crippen LogP) is 4.48. The van der Waals surface area contributed by atoms with Gasteiger partial charge in [-0.1, -0.05) is 43.3 Å². The first kappa shape index (κ1) is 19.6. The van der Waals surface area contributed by atoms with Gasteiger partial charge in [-0.15, -0.1) is 0 Å². The van der Waals surface area contributed by atoms with Gasteiger partial charge >= 0.3 is 12.0 Å². The summed E-state index contributed by atoms with van der Waals surface area (Å²) in [5, 5.41) is 5.20. The van der Waals surface area contributed by atoms with E-state index in [0.29, 0.717) is 23.4 Å². The highest BCUT2D eigenvalue weighted by atomic mass is 32.2. The van der Waals surface area contributed by atoms with Crippen molar-refractivity contribution in [3.8, 4) is 11.1 Å². The third kappa shape index (κ3) is 4.58. The second kappa shape index (κ2) is 8.26. The number of urea groups is 1. The molecule has 2 aromatic carbocycles. The average molecular weight is 399 g/mol. The summed E-state index contributed by atoms with van der Waals surface area (Å²) >= 11 is 0. The summed E-state index contributed by atoms with van der Waals surface area (Å²) < 4.78 is 30.0. The minimum absolute atomic E-state index is 0.0406. The zero-order valence-electron chi connectivity index (χ0n) is 15.6. The number of carbonyl (C=O) groups excluding carboxylic acids is 1. The highest BCUT2D eigenvalue weighted by molar-refractivity contribution is 7.91. The third-order valence-corrected chi connectivity index (χ3v) is 5.91. The zero-order valence-corrected chi connectivity index (χ0v) is 16.4. The van der Waals surface area contributed by atoms with Crippen molar-refractivity contribution in [1.82, 2.24) is 4.98 Å². The molecule has 0 unspecified atom stereocenters. The quantitative estimate of drug-likeness (QED) is 0.636. The molecule has 0 fully saturated rings.